The van der Waals surface area contributed by atoms with E-state index >= 15 is 0 Å². The van der Waals surface area contributed by atoms with Crippen LogP contribution in [0.2, 0.25) is 0 Å². The van der Waals surface area contributed by atoms with E-state index in [1.165, 1.54) is 0 Å². The van der Waals surface area contributed by atoms with Crippen molar-refractivity contribution in [3.63, 3.8) is 0 Å². The molecular weight excluding hydrogens is 242 g/mol. The first kappa shape index (κ1) is 11.7. The lowest BCUT2D eigenvalue weighted by Crippen LogP contribution is -1.98. The second kappa shape index (κ2) is 5.07. The number of hydrogen-bond donors (Lipinski definition) is 1. The molecule has 0 spiro atoms. The van der Waals surface area contributed by atoms with Crippen LogP contribution in [0.25, 0.3) is 5.52 Å². The number of rotatable bonds is 4. The molecule has 3 aromatic rings. The maximum Gasteiger partial charge on any atom is 0.245 e. The summed E-state index contributed by atoms with van der Waals surface area (Å²) in [5.74, 6) is 1.21. The minimum atomic E-state index is 0.0880. The lowest BCUT2D eigenvalue weighted by molar-refractivity contribution is 0.297. The van der Waals surface area contributed by atoms with E-state index in [9.17, 15) is 0 Å². The summed E-state index contributed by atoms with van der Waals surface area (Å²) in [5, 5.41) is 13.2. The van der Waals surface area contributed by atoms with Gasteiger partial charge < -0.3 is 9.84 Å². The fourth-order valence-electron chi connectivity index (χ4n) is 1.95. The molecule has 0 radical (unpaired) electrons. The molecule has 0 amide bonds. The van der Waals surface area contributed by atoms with E-state index in [2.05, 4.69) is 10.1 Å². The van der Waals surface area contributed by atoms with Crippen LogP contribution in [0.5, 0.6) is 11.6 Å². The van der Waals surface area contributed by atoms with Crippen molar-refractivity contribution in [2.75, 3.05) is 6.61 Å². The summed E-state index contributed by atoms with van der Waals surface area (Å²) in [5.41, 5.74) is 1.76. The molecule has 5 heteroatoms. The molecule has 2 heterocycles. The van der Waals surface area contributed by atoms with Crippen molar-refractivity contribution in [1.29, 1.82) is 0 Å². The third kappa shape index (κ3) is 2.28. The van der Waals surface area contributed by atoms with Crippen LogP contribution in [-0.4, -0.2) is 26.3 Å². The van der Waals surface area contributed by atoms with E-state index in [0.29, 0.717) is 18.1 Å². The van der Waals surface area contributed by atoms with Crippen LogP contribution in [-0.2, 0) is 6.42 Å². The zero-order valence-electron chi connectivity index (χ0n) is 10.2. The van der Waals surface area contributed by atoms with Crippen LogP contribution >= 0.6 is 0 Å². The van der Waals surface area contributed by atoms with Gasteiger partial charge in [-0.1, -0.05) is 18.2 Å². The molecule has 0 aliphatic heterocycles. The molecule has 1 N–H and O–H groups in total. The van der Waals surface area contributed by atoms with Gasteiger partial charge >= 0.3 is 0 Å². The Labute approximate surface area is 110 Å². The minimum Gasteiger partial charge on any atom is -0.437 e. The molecule has 0 aliphatic carbocycles. The Hall–Kier alpha value is -2.40. The Balaban J connectivity index is 1.99. The van der Waals surface area contributed by atoms with Gasteiger partial charge in [0.05, 0.1) is 6.20 Å². The molecular formula is C14H13N3O2. The zero-order chi connectivity index (χ0) is 13.1. The van der Waals surface area contributed by atoms with Gasteiger partial charge in [-0.2, -0.15) is 5.10 Å². The Bertz CT molecular complexity index is 694. The van der Waals surface area contributed by atoms with E-state index in [-0.39, 0.29) is 6.61 Å². The second-order valence-corrected chi connectivity index (χ2v) is 4.08. The highest BCUT2D eigenvalue weighted by molar-refractivity contribution is 5.56. The van der Waals surface area contributed by atoms with Crippen molar-refractivity contribution in [1.82, 2.24) is 14.6 Å². The molecule has 3 rings (SSSR count). The summed E-state index contributed by atoms with van der Waals surface area (Å²) in [6, 6.07) is 9.46. The Kier molecular flexibility index (Phi) is 3.12. The zero-order valence-corrected chi connectivity index (χ0v) is 10.2. The van der Waals surface area contributed by atoms with Gasteiger partial charge in [-0.15, -0.1) is 0 Å². The smallest absolute Gasteiger partial charge is 0.245 e. The highest BCUT2D eigenvalue weighted by atomic mass is 16.5. The van der Waals surface area contributed by atoms with E-state index in [0.717, 1.165) is 11.1 Å². The average molecular weight is 255 g/mol. The molecule has 19 heavy (non-hydrogen) atoms. The van der Waals surface area contributed by atoms with Gasteiger partial charge in [0.15, 0.2) is 0 Å². The van der Waals surface area contributed by atoms with Crippen LogP contribution < -0.4 is 4.74 Å². The second-order valence-electron chi connectivity index (χ2n) is 4.08. The third-order valence-electron chi connectivity index (χ3n) is 2.85. The van der Waals surface area contributed by atoms with Gasteiger partial charge in [0, 0.05) is 19.0 Å². The van der Waals surface area contributed by atoms with E-state index in [1.807, 2.05) is 30.3 Å². The fourth-order valence-corrected chi connectivity index (χ4v) is 1.95. The third-order valence-corrected chi connectivity index (χ3v) is 2.85. The quantitative estimate of drug-likeness (QED) is 0.775. The summed E-state index contributed by atoms with van der Waals surface area (Å²) >= 11 is 0. The number of ether oxygens (including phenoxy) is 1. The number of benzene rings is 1. The van der Waals surface area contributed by atoms with Crippen molar-refractivity contribution < 1.29 is 9.84 Å². The summed E-state index contributed by atoms with van der Waals surface area (Å²) in [4.78, 5) is 4.23. The number of hydrogen-bond acceptors (Lipinski definition) is 4. The first-order valence-corrected chi connectivity index (χ1v) is 6.03. The maximum atomic E-state index is 9.06. The average Bonchev–Trinajstić information content (AvgIpc) is 2.91. The molecule has 5 nitrogen and oxygen atoms in total. The van der Waals surface area contributed by atoms with E-state index in [4.69, 9.17) is 9.84 Å². The number of aromatic nitrogens is 3. The number of aliphatic hydroxyl groups is 1. The molecule has 2 aromatic heterocycles. The minimum absolute atomic E-state index is 0.0880. The molecule has 0 fully saturated rings. The highest BCUT2D eigenvalue weighted by Gasteiger charge is 2.08. The number of aliphatic hydroxyl groups excluding tert-OH is 1. The SMILES string of the molecule is OCCc1ccccc1Oc1nccn2nccc12. The molecule has 0 unspecified atom stereocenters. The van der Waals surface area contributed by atoms with Crippen LogP contribution in [0.3, 0.4) is 0 Å². The number of nitrogens with zero attached hydrogens (tertiary/aromatic N) is 3. The van der Waals surface area contributed by atoms with Gasteiger partial charge in [0.25, 0.3) is 0 Å². The van der Waals surface area contributed by atoms with Gasteiger partial charge in [-0.25, -0.2) is 9.50 Å². The highest BCUT2D eigenvalue weighted by Crippen LogP contribution is 2.26. The van der Waals surface area contributed by atoms with Crippen LogP contribution in [0.15, 0.2) is 48.9 Å². The molecule has 96 valence electrons. The van der Waals surface area contributed by atoms with Gasteiger partial charge in [0.2, 0.25) is 5.88 Å². The first-order chi connectivity index (χ1) is 9.38. The number of para-hydroxylation sites is 1. The molecule has 0 saturated carbocycles. The van der Waals surface area contributed by atoms with Crippen LogP contribution in [0.1, 0.15) is 5.56 Å². The van der Waals surface area contributed by atoms with Crippen molar-refractivity contribution >= 4 is 5.52 Å². The monoisotopic (exact) mass is 255 g/mol. The number of fused-ring (bicyclic) bond motifs is 1. The largest absolute Gasteiger partial charge is 0.437 e. The fraction of sp³-hybridized carbons (Fsp3) is 0.143. The van der Waals surface area contributed by atoms with Gasteiger partial charge in [-0.05, 0) is 24.1 Å². The topological polar surface area (TPSA) is 59.7 Å². The maximum absolute atomic E-state index is 9.06. The van der Waals surface area contributed by atoms with Crippen molar-refractivity contribution in [3.05, 3.63) is 54.5 Å². The van der Waals surface area contributed by atoms with Gasteiger partial charge in [-0.3, -0.25) is 0 Å². The van der Waals surface area contributed by atoms with Gasteiger partial charge in [0.1, 0.15) is 11.3 Å². The Morgan fingerprint density at radius 3 is 2.95 bits per heavy atom. The Morgan fingerprint density at radius 1 is 1.16 bits per heavy atom. The predicted molar refractivity (Wildman–Crippen MR) is 70.3 cm³/mol. The molecule has 0 saturated heterocycles. The summed E-state index contributed by atoms with van der Waals surface area (Å²) < 4.78 is 7.56. The molecule has 1 aromatic carbocycles. The summed E-state index contributed by atoms with van der Waals surface area (Å²) in [6.45, 7) is 0.0880. The van der Waals surface area contributed by atoms with Crippen molar-refractivity contribution in [3.8, 4) is 11.6 Å². The lowest BCUT2D eigenvalue weighted by atomic mass is 10.1. The molecule has 0 bridgehead atoms. The van der Waals surface area contributed by atoms with E-state index < -0.39 is 0 Å². The van der Waals surface area contributed by atoms with Crippen molar-refractivity contribution in [2.45, 2.75) is 6.42 Å². The Morgan fingerprint density at radius 2 is 2.05 bits per heavy atom. The standard InChI is InChI=1S/C14H13N3O2/c18-10-6-11-3-1-2-4-13(11)19-14-12-5-7-16-17(12)9-8-15-14/h1-5,7-9,18H,6,10H2. The lowest BCUT2D eigenvalue weighted by Gasteiger charge is -2.10. The van der Waals surface area contributed by atoms with Crippen molar-refractivity contribution in [2.24, 2.45) is 0 Å². The first-order valence-electron chi connectivity index (χ1n) is 6.03. The van der Waals surface area contributed by atoms with Crippen LogP contribution in [0, 0.1) is 0 Å². The normalized spacial score (nSPS) is 10.8. The summed E-state index contributed by atoms with van der Waals surface area (Å²) in [7, 11) is 0. The van der Waals surface area contributed by atoms with E-state index in [1.54, 1.807) is 23.1 Å². The predicted octanol–water partition coefficient (Wildman–Crippen LogP) is 2.06. The van der Waals surface area contributed by atoms with Crippen LogP contribution in [0.4, 0.5) is 0 Å². The molecule has 0 atom stereocenters. The summed E-state index contributed by atoms with van der Waals surface area (Å²) in [6.07, 6.45) is 5.66. The molecule has 0 aliphatic rings.